The number of ether oxygens (including phenoxy) is 1. The highest BCUT2D eigenvalue weighted by Crippen LogP contribution is 2.34. The zero-order valence-electron chi connectivity index (χ0n) is 14.5. The number of rotatable bonds is 6. The number of hydrogen-bond donors (Lipinski definition) is 2. The fraction of sp³-hybridized carbons (Fsp3) is 0.611. The number of morpholine rings is 1. The largest absolute Gasteiger partial charge is 0.379 e. The Morgan fingerprint density at radius 3 is 2.79 bits per heavy atom. The first-order chi connectivity index (χ1) is 11.4. The molecule has 134 valence electrons. The van der Waals surface area contributed by atoms with E-state index >= 15 is 0 Å². The second kappa shape index (κ2) is 10.2. The molecule has 0 aromatic heterocycles. The van der Waals surface area contributed by atoms with Crippen LogP contribution in [0.2, 0.25) is 0 Å². The molecule has 3 rings (SSSR count). The van der Waals surface area contributed by atoms with E-state index in [0.29, 0.717) is 5.92 Å². The molecule has 0 spiro atoms. The first-order valence-electron chi connectivity index (χ1n) is 8.77. The van der Waals surface area contributed by atoms with E-state index in [0.717, 1.165) is 64.9 Å². The maximum Gasteiger partial charge on any atom is 0.191 e. The first kappa shape index (κ1) is 19.5. The SMILES string of the molecule is CCNC(=NCC1Cc2ccccc21)NCCN1CCOCC1.I. The van der Waals surface area contributed by atoms with Gasteiger partial charge in [0.25, 0.3) is 0 Å². The molecule has 2 aliphatic rings. The summed E-state index contributed by atoms with van der Waals surface area (Å²) in [5.41, 5.74) is 2.96. The fourth-order valence-electron chi connectivity index (χ4n) is 3.23. The van der Waals surface area contributed by atoms with Crippen molar-refractivity contribution in [2.75, 3.05) is 52.5 Å². The summed E-state index contributed by atoms with van der Waals surface area (Å²) in [6.45, 7) is 9.62. The number of guanidine groups is 1. The van der Waals surface area contributed by atoms with Gasteiger partial charge in [-0.25, -0.2) is 0 Å². The third-order valence-corrected chi connectivity index (χ3v) is 4.60. The summed E-state index contributed by atoms with van der Waals surface area (Å²) in [5.74, 6) is 1.52. The number of halogens is 1. The highest BCUT2D eigenvalue weighted by atomic mass is 127. The molecule has 5 nitrogen and oxygen atoms in total. The van der Waals surface area contributed by atoms with E-state index in [1.54, 1.807) is 0 Å². The van der Waals surface area contributed by atoms with Crippen molar-refractivity contribution >= 4 is 29.9 Å². The molecule has 1 fully saturated rings. The quantitative estimate of drug-likeness (QED) is 0.400. The number of benzene rings is 1. The van der Waals surface area contributed by atoms with E-state index in [4.69, 9.17) is 9.73 Å². The standard InChI is InChI=1S/C18H28N4O.HI/c1-2-19-18(20-7-8-22-9-11-23-12-10-22)21-14-16-13-15-5-3-4-6-17(15)16;/h3-6,16H,2,7-14H2,1H3,(H2,19,20,21);1H. The molecule has 0 bridgehead atoms. The van der Waals surface area contributed by atoms with Crippen LogP contribution in [0.15, 0.2) is 29.3 Å². The van der Waals surface area contributed by atoms with Gasteiger partial charge in [-0.3, -0.25) is 9.89 Å². The highest BCUT2D eigenvalue weighted by molar-refractivity contribution is 14.0. The van der Waals surface area contributed by atoms with Crippen LogP contribution in [-0.2, 0) is 11.2 Å². The second-order valence-electron chi connectivity index (χ2n) is 6.20. The Hall–Kier alpha value is -0.860. The molecule has 1 aromatic rings. The van der Waals surface area contributed by atoms with Gasteiger partial charge in [-0.05, 0) is 24.5 Å². The molecule has 24 heavy (non-hydrogen) atoms. The third kappa shape index (κ3) is 5.32. The van der Waals surface area contributed by atoms with E-state index in [1.165, 1.54) is 11.1 Å². The molecule has 0 radical (unpaired) electrons. The minimum absolute atomic E-state index is 0. The zero-order chi connectivity index (χ0) is 15.9. The summed E-state index contributed by atoms with van der Waals surface area (Å²) < 4.78 is 5.38. The summed E-state index contributed by atoms with van der Waals surface area (Å²) in [6, 6.07) is 8.70. The smallest absolute Gasteiger partial charge is 0.191 e. The van der Waals surface area contributed by atoms with Crippen LogP contribution in [0, 0.1) is 0 Å². The Morgan fingerprint density at radius 2 is 2.04 bits per heavy atom. The van der Waals surface area contributed by atoms with Crippen LogP contribution in [0.4, 0.5) is 0 Å². The van der Waals surface area contributed by atoms with Gasteiger partial charge in [-0.2, -0.15) is 0 Å². The molecule has 1 atom stereocenters. The van der Waals surface area contributed by atoms with Crippen molar-refractivity contribution in [3.05, 3.63) is 35.4 Å². The third-order valence-electron chi connectivity index (χ3n) is 4.60. The van der Waals surface area contributed by atoms with Crippen LogP contribution < -0.4 is 10.6 Å². The van der Waals surface area contributed by atoms with Gasteiger partial charge in [0.2, 0.25) is 0 Å². The van der Waals surface area contributed by atoms with Gasteiger partial charge in [0.15, 0.2) is 5.96 Å². The summed E-state index contributed by atoms with van der Waals surface area (Å²) in [7, 11) is 0. The van der Waals surface area contributed by atoms with E-state index in [2.05, 4.69) is 46.7 Å². The van der Waals surface area contributed by atoms with Crippen molar-refractivity contribution in [3.63, 3.8) is 0 Å². The summed E-state index contributed by atoms with van der Waals surface area (Å²) in [5, 5.41) is 6.80. The topological polar surface area (TPSA) is 48.9 Å². The molecule has 2 N–H and O–H groups in total. The van der Waals surface area contributed by atoms with Crippen LogP contribution in [0.1, 0.15) is 24.0 Å². The van der Waals surface area contributed by atoms with Gasteiger partial charge in [0, 0.05) is 45.2 Å². The number of fused-ring (bicyclic) bond motifs is 1. The zero-order valence-corrected chi connectivity index (χ0v) is 16.8. The van der Waals surface area contributed by atoms with Gasteiger partial charge in [-0.1, -0.05) is 24.3 Å². The van der Waals surface area contributed by atoms with Gasteiger partial charge < -0.3 is 15.4 Å². The molecule has 1 aliphatic carbocycles. The lowest BCUT2D eigenvalue weighted by Crippen LogP contribution is -2.44. The van der Waals surface area contributed by atoms with E-state index in [1.807, 2.05) is 0 Å². The lowest BCUT2D eigenvalue weighted by Gasteiger charge is -2.29. The molecule has 0 saturated carbocycles. The van der Waals surface area contributed by atoms with Gasteiger partial charge >= 0.3 is 0 Å². The Bertz CT molecular complexity index is 532. The molecular weight excluding hydrogens is 415 g/mol. The van der Waals surface area contributed by atoms with E-state index < -0.39 is 0 Å². The number of hydrogen-bond acceptors (Lipinski definition) is 3. The molecule has 1 saturated heterocycles. The number of nitrogens with zero attached hydrogens (tertiary/aromatic N) is 2. The van der Waals surface area contributed by atoms with Crippen LogP contribution in [0.5, 0.6) is 0 Å². The van der Waals surface area contributed by atoms with E-state index in [9.17, 15) is 0 Å². The van der Waals surface area contributed by atoms with Crippen molar-refractivity contribution < 1.29 is 4.74 Å². The maximum atomic E-state index is 5.38. The van der Waals surface area contributed by atoms with Gasteiger partial charge in [-0.15, -0.1) is 24.0 Å². The van der Waals surface area contributed by atoms with Crippen molar-refractivity contribution in [1.82, 2.24) is 15.5 Å². The molecular formula is C18H29IN4O. The Kier molecular flexibility index (Phi) is 8.28. The van der Waals surface area contributed by atoms with Gasteiger partial charge in [0.05, 0.1) is 13.2 Å². The average molecular weight is 444 g/mol. The van der Waals surface area contributed by atoms with Gasteiger partial charge in [0.1, 0.15) is 0 Å². The van der Waals surface area contributed by atoms with Crippen molar-refractivity contribution in [2.45, 2.75) is 19.3 Å². The highest BCUT2D eigenvalue weighted by Gasteiger charge is 2.24. The van der Waals surface area contributed by atoms with Crippen LogP contribution in [-0.4, -0.2) is 63.3 Å². The molecule has 1 aromatic carbocycles. The molecule has 6 heteroatoms. The second-order valence-corrected chi connectivity index (χ2v) is 6.20. The predicted molar refractivity (Wildman–Crippen MR) is 110 cm³/mol. The first-order valence-corrected chi connectivity index (χ1v) is 8.77. The molecule has 1 heterocycles. The van der Waals surface area contributed by atoms with Crippen molar-refractivity contribution in [2.24, 2.45) is 4.99 Å². The normalized spacial score (nSPS) is 20.5. The Labute approximate surface area is 162 Å². The lowest BCUT2D eigenvalue weighted by atomic mass is 9.78. The molecule has 1 unspecified atom stereocenters. The van der Waals surface area contributed by atoms with Crippen molar-refractivity contribution in [3.8, 4) is 0 Å². The predicted octanol–water partition coefficient (Wildman–Crippen LogP) is 1.83. The summed E-state index contributed by atoms with van der Waals surface area (Å²) in [4.78, 5) is 7.20. The Morgan fingerprint density at radius 1 is 1.25 bits per heavy atom. The number of aliphatic imine (C=N–C) groups is 1. The minimum Gasteiger partial charge on any atom is -0.379 e. The maximum absolute atomic E-state index is 5.38. The van der Waals surface area contributed by atoms with Crippen LogP contribution >= 0.6 is 24.0 Å². The van der Waals surface area contributed by atoms with Crippen molar-refractivity contribution in [1.29, 1.82) is 0 Å². The van der Waals surface area contributed by atoms with Crippen LogP contribution in [0.3, 0.4) is 0 Å². The molecule has 0 amide bonds. The Balaban J connectivity index is 0.00000208. The van der Waals surface area contributed by atoms with Crippen LogP contribution in [0.25, 0.3) is 0 Å². The lowest BCUT2D eigenvalue weighted by molar-refractivity contribution is 0.0389. The number of nitrogens with one attached hydrogen (secondary N) is 2. The average Bonchev–Trinajstić information content (AvgIpc) is 2.56. The fourth-order valence-corrected chi connectivity index (χ4v) is 3.23. The monoisotopic (exact) mass is 444 g/mol. The van der Waals surface area contributed by atoms with E-state index in [-0.39, 0.29) is 24.0 Å². The minimum atomic E-state index is 0. The summed E-state index contributed by atoms with van der Waals surface area (Å²) >= 11 is 0. The summed E-state index contributed by atoms with van der Waals surface area (Å²) in [6.07, 6.45) is 1.16. The molecule has 1 aliphatic heterocycles.